The maximum Gasteiger partial charge on any atom is 0.224 e. The second-order valence-corrected chi connectivity index (χ2v) is 5.30. The fourth-order valence-electron chi connectivity index (χ4n) is 1.72. The molecule has 0 unspecified atom stereocenters. The number of carbonyl (C=O) groups excluding carboxylic acids is 1. The minimum Gasteiger partial charge on any atom is -0.350 e. The third-order valence-corrected chi connectivity index (χ3v) is 3.57. The summed E-state index contributed by atoms with van der Waals surface area (Å²) < 4.78 is 0. The van der Waals surface area contributed by atoms with E-state index < -0.39 is 0 Å². The van der Waals surface area contributed by atoms with Crippen molar-refractivity contribution >= 4 is 17.2 Å². The highest BCUT2D eigenvalue weighted by atomic mass is 32.1. The van der Waals surface area contributed by atoms with Crippen LogP contribution in [0.4, 0.5) is 0 Å². The number of aromatic nitrogens is 1. The summed E-state index contributed by atoms with van der Waals surface area (Å²) in [6.07, 6.45) is 0.426. The number of thiazole rings is 1. The molecule has 2 aromatic rings. The molecule has 1 aromatic heterocycles. The molecule has 94 valence electrons. The maximum absolute atomic E-state index is 11.8. The first kappa shape index (κ1) is 12.8. The molecule has 1 N–H and O–H groups in total. The molecular weight excluding hydrogens is 244 g/mol. The van der Waals surface area contributed by atoms with Gasteiger partial charge in [-0.1, -0.05) is 24.3 Å². The van der Waals surface area contributed by atoms with Crippen LogP contribution < -0.4 is 5.32 Å². The average molecular weight is 260 g/mol. The highest BCUT2D eigenvalue weighted by Crippen LogP contribution is 2.09. The standard InChI is InChI=1S/C14H16N2OS/c1-10-5-3-4-6-12(10)7-14(17)15-8-13-9-18-11(2)16-13/h3-6,9H,7-8H2,1-2H3,(H,15,17). The Labute approximate surface area is 111 Å². The third kappa shape index (κ3) is 3.40. The molecule has 0 aliphatic carbocycles. The molecule has 0 radical (unpaired) electrons. The van der Waals surface area contributed by atoms with Gasteiger partial charge in [-0.3, -0.25) is 4.79 Å². The minimum atomic E-state index is 0.0370. The van der Waals surface area contributed by atoms with Crippen molar-refractivity contribution in [3.8, 4) is 0 Å². The van der Waals surface area contributed by atoms with E-state index >= 15 is 0 Å². The first-order valence-electron chi connectivity index (χ1n) is 5.87. The van der Waals surface area contributed by atoms with E-state index in [2.05, 4.69) is 10.3 Å². The lowest BCUT2D eigenvalue weighted by Crippen LogP contribution is -2.25. The number of hydrogen-bond donors (Lipinski definition) is 1. The molecule has 0 bridgehead atoms. The monoisotopic (exact) mass is 260 g/mol. The van der Waals surface area contributed by atoms with Gasteiger partial charge in [-0.2, -0.15) is 0 Å². The Morgan fingerprint density at radius 2 is 2.11 bits per heavy atom. The van der Waals surface area contributed by atoms with E-state index in [-0.39, 0.29) is 5.91 Å². The summed E-state index contributed by atoms with van der Waals surface area (Å²) in [4.78, 5) is 16.1. The summed E-state index contributed by atoms with van der Waals surface area (Å²) in [5, 5.41) is 5.89. The summed E-state index contributed by atoms with van der Waals surface area (Å²) in [6.45, 7) is 4.49. The van der Waals surface area contributed by atoms with Crippen LogP contribution in [0.3, 0.4) is 0 Å². The lowest BCUT2D eigenvalue weighted by atomic mass is 10.1. The van der Waals surface area contributed by atoms with Crippen molar-refractivity contribution in [2.45, 2.75) is 26.8 Å². The van der Waals surface area contributed by atoms with Crippen LogP contribution in [0, 0.1) is 13.8 Å². The molecule has 4 heteroatoms. The maximum atomic E-state index is 11.8. The van der Waals surface area contributed by atoms with Gasteiger partial charge in [0.1, 0.15) is 0 Å². The third-order valence-electron chi connectivity index (χ3n) is 2.75. The van der Waals surface area contributed by atoms with Crippen LogP contribution in [0.1, 0.15) is 21.8 Å². The van der Waals surface area contributed by atoms with E-state index in [1.165, 1.54) is 0 Å². The Morgan fingerprint density at radius 1 is 1.33 bits per heavy atom. The fourth-order valence-corrected chi connectivity index (χ4v) is 2.34. The predicted molar refractivity (Wildman–Crippen MR) is 73.6 cm³/mol. The highest BCUT2D eigenvalue weighted by Gasteiger charge is 2.06. The molecule has 18 heavy (non-hydrogen) atoms. The summed E-state index contributed by atoms with van der Waals surface area (Å²) in [5.74, 6) is 0.0370. The Kier molecular flexibility index (Phi) is 4.10. The van der Waals surface area contributed by atoms with Gasteiger partial charge >= 0.3 is 0 Å². The first-order valence-corrected chi connectivity index (χ1v) is 6.75. The van der Waals surface area contributed by atoms with Crippen LogP contribution in [0.25, 0.3) is 0 Å². The van der Waals surface area contributed by atoms with Crippen molar-refractivity contribution in [2.75, 3.05) is 0 Å². The second-order valence-electron chi connectivity index (χ2n) is 4.24. The summed E-state index contributed by atoms with van der Waals surface area (Å²) in [7, 11) is 0. The Balaban J connectivity index is 1.88. The molecule has 0 aliphatic heterocycles. The molecule has 1 heterocycles. The Morgan fingerprint density at radius 3 is 2.78 bits per heavy atom. The van der Waals surface area contributed by atoms with Gasteiger partial charge in [0.15, 0.2) is 0 Å². The fraction of sp³-hybridized carbons (Fsp3) is 0.286. The number of benzene rings is 1. The Hall–Kier alpha value is -1.68. The van der Waals surface area contributed by atoms with Crippen LogP contribution in [0.5, 0.6) is 0 Å². The zero-order chi connectivity index (χ0) is 13.0. The molecule has 3 nitrogen and oxygen atoms in total. The molecule has 1 aromatic carbocycles. The molecular formula is C14H16N2OS. The van der Waals surface area contributed by atoms with Crippen LogP contribution in [-0.2, 0) is 17.8 Å². The molecule has 0 saturated heterocycles. The smallest absolute Gasteiger partial charge is 0.224 e. The van der Waals surface area contributed by atoms with E-state index in [4.69, 9.17) is 0 Å². The SMILES string of the molecule is Cc1nc(CNC(=O)Cc2ccccc2C)cs1. The number of hydrogen-bond acceptors (Lipinski definition) is 3. The summed E-state index contributed by atoms with van der Waals surface area (Å²) in [5.41, 5.74) is 3.15. The minimum absolute atomic E-state index is 0.0370. The lowest BCUT2D eigenvalue weighted by molar-refractivity contribution is -0.120. The van der Waals surface area contributed by atoms with E-state index in [1.807, 2.05) is 43.5 Å². The van der Waals surface area contributed by atoms with Gasteiger partial charge < -0.3 is 5.32 Å². The van der Waals surface area contributed by atoms with E-state index in [0.717, 1.165) is 21.8 Å². The van der Waals surface area contributed by atoms with Crippen molar-refractivity contribution in [3.05, 3.63) is 51.5 Å². The number of aryl methyl sites for hydroxylation is 2. The summed E-state index contributed by atoms with van der Waals surface area (Å²) in [6, 6.07) is 7.95. The van der Waals surface area contributed by atoms with E-state index in [0.29, 0.717) is 13.0 Å². The molecule has 0 spiro atoms. The molecule has 0 fully saturated rings. The van der Waals surface area contributed by atoms with E-state index in [9.17, 15) is 4.79 Å². The van der Waals surface area contributed by atoms with Crippen molar-refractivity contribution in [1.29, 1.82) is 0 Å². The van der Waals surface area contributed by atoms with E-state index in [1.54, 1.807) is 11.3 Å². The number of rotatable bonds is 4. The normalized spacial score (nSPS) is 10.3. The lowest BCUT2D eigenvalue weighted by Gasteiger charge is -2.06. The number of nitrogens with one attached hydrogen (secondary N) is 1. The highest BCUT2D eigenvalue weighted by molar-refractivity contribution is 7.09. The molecule has 1 amide bonds. The Bertz CT molecular complexity index is 548. The zero-order valence-electron chi connectivity index (χ0n) is 10.6. The number of amides is 1. The van der Waals surface area contributed by atoms with Gasteiger partial charge in [-0.05, 0) is 25.0 Å². The molecule has 0 saturated carbocycles. The van der Waals surface area contributed by atoms with Crippen LogP contribution in [0.2, 0.25) is 0 Å². The van der Waals surface area contributed by atoms with Crippen LogP contribution in [0.15, 0.2) is 29.6 Å². The zero-order valence-corrected chi connectivity index (χ0v) is 11.4. The molecule has 0 aliphatic rings. The van der Waals surface area contributed by atoms with Crippen molar-refractivity contribution < 1.29 is 4.79 Å². The van der Waals surface area contributed by atoms with Gasteiger partial charge in [-0.25, -0.2) is 4.98 Å². The number of carbonyl (C=O) groups is 1. The predicted octanol–water partition coefficient (Wildman–Crippen LogP) is 2.62. The summed E-state index contributed by atoms with van der Waals surface area (Å²) >= 11 is 1.60. The molecule has 0 atom stereocenters. The van der Waals surface area contributed by atoms with Gasteiger partial charge in [0, 0.05) is 5.38 Å². The first-order chi connectivity index (χ1) is 8.65. The van der Waals surface area contributed by atoms with Crippen LogP contribution in [-0.4, -0.2) is 10.9 Å². The van der Waals surface area contributed by atoms with Crippen molar-refractivity contribution in [1.82, 2.24) is 10.3 Å². The largest absolute Gasteiger partial charge is 0.350 e. The van der Waals surface area contributed by atoms with Gasteiger partial charge in [0.25, 0.3) is 0 Å². The topological polar surface area (TPSA) is 42.0 Å². The number of nitrogens with zero attached hydrogens (tertiary/aromatic N) is 1. The van der Waals surface area contributed by atoms with Crippen molar-refractivity contribution in [3.63, 3.8) is 0 Å². The van der Waals surface area contributed by atoms with Crippen LogP contribution >= 0.6 is 11.3 Å². The van der Waals surface area contributed by atoms with Gasteiger partial charge in [0.05, 0.1) is 23.7 Å². The quantitative estimate of drug-likeness (QED) is 0.918. The van der Waals surface area contributed by atoms with Crippen molar-refractivity contribution in [2.24, 2.45) is 0 Å². The van der Waals surface area contributed by atoms with Gasteiger partial charge in [0.2, 0.25) is 5.91 Å². The molecule has 2 rings (SSSR count). The average Bonchev–Trinajstić information content (AvgIpc) is 2.76. The van der Waals surface area contributed by atoms with Gasteiger partial charge in [-0.15, -0.1) is 11.3 Å². The second kappa shape index (κ2) is 5.78.